The molecule has 1 saturated heterocycles. The van der Waals surface area contributed by atoms with Crippen LogP contribution in [0.15, 0.2) is 46.4 Å². The maximum atomic E-state index is 4.65. The third-order valence-corrected chi connectivity index (χ3v) is 7.72. The Morgan fingerprint density at radius 3 is 1.65 bits per heavy atom. The molecule has 2 aromatic rings. The highest BCUT2D eigenvalue weighted by Crippen LogP contribution is 2.26. The molecule has 0 amide bonds. The van der Waals surface area contributed by atoms with Gasteiger partial charge in [0.2, 0.25) is 0 Å². The molecule has 9 heteroatoms. The molecule has 1 aliphatic carbocycles. The van der Waals surface area contributed by atoms with E-state index in [1.54, 1.807) is 0 Å². The Morgan fingerprint density at radius 1 is 0.675 bits per heavy atom. The molecule has 2 fully saturated rings. The van der Waals surface area contributed by atoms with Crippen LogP contribution in [0.5, 0.6) is 0 Å². The molecule has 0 spiro atoms. The highest BCUT2D eigenvalue weighted by Gasteiger charge is 2.17. The van der Waals surface area contributed by atoms with Gasteiger partial charge in [0.15, 0.2) is 0 Å². The molecule has 40 heavy (non-hydrogen) atoms. The molecule has 3 aliphatic heterocycles. The smallest absolute Gasteiger partial charge is 0.135 e. The number of aryl methyl sites for hydroxylation is 2. The zero-order valence-corrected chi connectivity index (χ0v) is 24.0. The minimum Gasteiger partial charge on any atom is -0.325 e. The minimum atomic E-state index is 0.703. The number of amidine groups is 2. The quantitative estimate of drug-likeness (QED) is 0.472. The summed E-state index contributed by atoms with van der Waals surface area (Å²) in [7, 11) is 0. The van der Waals surface area contributed by atoms with E-state index in [-0.39, 0.29) is 0 Å². The zero-order chi connectivity index (χ0) is 27.6. The SMILES string of the molecule is Cc1cc(NC2=NCC=C2)nc(CC2CCCCC2)n1.Cc1cc(NC2=NCC=C2)nc(CC2CCNCC2)n1. The molecular weight excluding hydrogens is 498 g/mol. The topological polar surface area (TPSA) is 112 Å². The van der Waals surface area contributed by atoms with Crippen LogP contribution in [0.25, 0.3) is 0 Å². The van der Waals surface area contributed by atoms with Crippen molar-refractivity contribution in [2.75, 3.05) is 36.8 Å². The fraction of sp³-hybridized carbons (Fsp3) is 0.548. The predicted octanol–water partition coefficient (Wildman–Crippen LogP) is 5.00. The van der Waals surface area contributed by atoms with Crippen molar-refractivity contribution in [1.29, 1.82) is 0 Å². The molecule has 1 saturated carbocycles. The Hall–Kier alpha value is -3.46. The van der Waals surface area contributed by atoms with Gasteiger partial charge in [-0.05, 0) is 63.8 Å². The number of hydrogen-bond donors (Lipinski definition) is 3. The van der Waals surface area contributed by atoms with E-state index in [0.29, 0.717) is 5.92 Å². The number of hydrogen-bond acceptors (Lipinski definition) is 9. The van der Waals surface area contributed by atoms with Crippen LogP contribution in [0, 0.1) is 25.7 Å². The van der Waals surface area contributed by atoms with Crippen molar-refractivity contribution in [3.05, 3.63) is 59.5 Å². The van der Waals surface area contributed by atoms with Crippen LogP contribution in [-0.2, 0) is 12.8 Å². The Bertz CT molecular complexity index is 1150. The Balaban J connectivity index is 0.000000161. The Kier molecular flexibility index (Phi) is 10.0. The molecule has 4 aliphatic rings. The lowest BCUT2D eigenvalue weighted by atomic mass is 9.87. The van der Waals surface area contributed by atoms with E-state index in [4.69, 9.17) is 0 Å². The number of rotatable bonds is 6. The molecule has 5 heterocycles. The summed E-state index contributed by atoms with van der Waals surface area (Å²) in [6.07, 6.45) is 19.3. The van der Waals surface area contributed by atoms with Gasteiger partial charge < -0.3 is 16.0 Å². The molecule has 3 N–H and O–H groups in total. The average Bonchev–Trinajstić information content (AvgIpc) is 3.64. The van der Waals surface area contributed by atoms with Crippen LogP contribution in [0.4, 0.5) is 11.6 Å². The summed E-state index contributed by atoms with van der Waals surface area (Å²) in [4.78, 5) is 27.1. The van der Waals surface area contributed by atoms with Crippen LogP contribution in [-0.4, -0.2) is 57.8 Å². The number of piperidine rings is 1. The predicted molar refractivity (Wildman–Crippen MR) is 163 cm³/mol. The first-order valence-corrected chi connectivity index (χ1v) is 14.9. The Labute approximate surface area is 238 Å². The van der Waals surface area contributed by atoms with Crippen molar-refractivity contribution in [2.45, 2.75) is 71.6 Å². The second-order valence-electron chi connectivity index (χ2n) is 11.2. The molecule has 9 nitrogen and oxygen atoms in total. The first-order valence-electron chi connectivity index (χ1n) is 14.9. The number of anilines is 2. The van der Waals surface area contributed by atoms with Crippen molar-refractivity contribution < 1.29 is 0 Å². The van der Waals surface area contributed by atoms with E-state index in [1.165, 1.54) is 44.9 Å². The van der Waals surface area contributed by atoms with E-state index in [9.17, 15) is 0 Å². The maximum Gasteiger partial charge on any atom is 0.135 e. The van der Waals surface area contributed by atoms with Crippen LogP contribution in [0.2, 0.25) is 0 Å². The van der Waals surface area contributed by atoms with Gasteiger partial charge in [0.1, 0.15) is 35.0 Å². The summed E-state index contributed by atoms with van der Waals surface area (Å²) in [6.45, 7) is 7.80. The van der Waals surface area contributed by atoms with Gasteiger partial charge in [0, 0.05) is 36.4 Å². The molecule has 0 aromatic carbocycles. The van der Waals surface area contributed by atoms with Crippen molar-refractivity contribution >= 4 is 23.3 Å². The summed E-state index contributed by atoms with van der Waals surface area (Å²) in [5, 5.41) is 9.93. The van der Waals surface area contributed by atoms with Gasteiger partial charge >= 0.3 is 0 Å². The van der Waals surface area contributed by atoms with E-state index >= 15 is 0 Å². The lowest BCUT2D eigenvalue weighted by molar-refractivity contribution is 0.351. The number of aliphatic imine (C=N–C) groups is 2. The molecule has 0 atom stereocenters. The van der Waals surface area contributed by atoms with Gasteiger partial charge in [-0.15, -0.1) is 0 Å². The molecule has 0 bridgehead atoms. The largest absolute Gasteiger partial charge is 0.325 e. The monoisotopic (exact) mass is 541 g/mol. The molecule has 0 radical (unpaired) electrons. The van der Waals surface area contributed by atoms with E-state index in [1.807, 2.05) is 50.3 Å². The first kappa shape index (κ1) is 28.1. The summed E-state index contributed by atoms with van der Waals surface area (Å²) in [5.41, 5.74) is 2.03. The fourth-order valence-electron chi connectivity index (χ4n) is 5.73. The van der Waals surface area contributed by atoms with Crippen LogP contribution in [0.1, 0.15) is 68.0 Å². The summed E-state index contributed by atoms with van der Waals surface area (Å²) >= 11 is 0. The van der Waals surface area contributed by atoms with Gasteiger partial charge in [0.25, 0.3) is 0 Å². The third-order valence-electron chi connectivity index (χ3n) is 7.72. The normalized spacial score (nSPS) is 19.1. The second kappa shape index (κ2) is 14.3. The van der Waals surface area contributed by atoms with E-state index < -0.39 is 0 Å². The van der Waals surface area contributed by atoms with Crippen LogP contribution < -0.4 is 16.0 Å². The molecule has 212 valence electrons. The number of nitrogens with one attached hydrogen (secondary N) is 3. The fourth-order valence-corrected chi connectivity index (χ4v) is 5.73. The summed E-state index contributed by atoms with van der Waals surface area (Å²) in [5.74, 6) is 6.89. The van der Waals surface area contributed by atoms with E-state index in [0.717, 1.165) is 91.3 Å². The third kappa shape index (κ3) is 8.78. The van der Waals surface area contributed by atoms with Crippen molar-refractivity contribution in [1.82, 2.24) is 25.3 Å². The molecule has 2 aromatic heterocycles. The zero-order valence-electron chi connectivity index (χ0n) is 24.0. The minimum absolute atomic E-state index is 0.703. The maximum absolute atomic E-state index is 4.65. The number of aromatic nitrogens is 4. The highest BCUT2D eigenvalue weighted by molar-refractivity contribution is 6.05. The van der Waals surface area contributed by atoms with Crippen molar-refractivity contribution in [3.63, 3.8) is 0 Å². The Morgan fingerprint density at radius 2 is 1.18 bits per heavy atom. The van der Waals surface area contributed by atoms with Gasteiger partial charge in [-0.3, -0.25) is 9.98 Å². The molecule has 6 rings (SSSR count). The van der Waals surface area contributed by atoms with Crippen LogP contribution >= 0.6 is 0 Å². The highest BCUT2D eigenvalue weighted by atomic mass is 15.1. The average molecular weight is 542 g/mol. The first-order chi connectivity index (χ1) is 19.6. The van der Waals surface area contributed by atoms with Crippen molar-refractivity contribution in [3.8, 4) is 0 Å². The van der Waals surface area contributed by atoms with Gasteiger partial charge in [-0.25, -0.2) is 19.9 Å². The van der Waals surface area contributed by atoms with Crippen LogP contribution in [0.3, 0.4) is 0 Å². The number of nitrogens with zero attached hydrogens (tertiary/aromatic N) is 6. The lowest BCUT2D eigenvalue weighted by Gasteiger charge is -2.22. The standard InChI is InChI=1S/C16H22N4.C15H21N5/c1-12-10-15(19-14-8-5-9-17-14)20-16(18-12)11-13-6-3-2-4-7-13;1-11-9-14(19-13-3-2-6-17-13)20-15(18-11)10-12-4-7-16-8-5-12/h5,8,10,13H,2-4,6-7,9,11H2,1H3,(H,17,18,19,20);2-3,9,12,16H,4-8,10H2,1H3,(H,17,18,19,20). The van der Waals surface area contributed by atoms with Gasteiger partial charge in [0.05, 0.1) is 13.1 Å². The van der Waals surface area contributed by atoms with Crippen molar-refractivity contribution in [2.24, 2.45) is 21.8 Å². The van der Waals surface area contributed by atoms with E-state index in [2.05, 4.69) is 45.9 Å². The van der Waals surface area contributed by atoms with Gasteiger partial charge in [-0.2, -0.15) is 0 Å². The second-order valence-corrected chi connectivity index (χ2v) is 11.2. The van der Waals surface area contributed by atoms with Gasteiger partial charge in [-0.1, -0.05) is 44.3 Å². The summed E-state index contributed by atoms with van der Waals surface area (Å²) in [6, 6.07) is 3.96. The molecule has 0 unspecified atom stereocenters. The molecular formula is C31H43N9. The summed E-state index contributed by atoms with van der Waals surface area (Å²) < 4.78 is 0. The lowest BCUT2D eigenvalue weighted by Crippen LogP contribution is -2.29.